The number of aliphatic hydroxyl groups is 11. The van der Waals surface area contributed by atoms with Gasteiger partial charge in [0, 0.05) is 77.2 Å². The van der Waals surface area contributed by atoms with Crippen LogP contribution in [0.1, 0.15) is 233 Å². The Morgan fingerprint density at radius 2 is 0.800 bits per heavy atom. The first-order valence-corrected chi connectivity index (χ1v) is 50.3. The standard InChI is InChI=1S/C97H177N5O33/c1-5-7-9-11-13-15-17-19-21-23-25-27-29-31-33-37-44-97(45-38-34-32-30-28-26-24-22-20-18-16-14-12-10-8-6-2)130-72-77(133-97)68-102(4)49-39-35-36-40-83(109)101-96(73-124-50-41-80(106)98-46-53-118-56-59-121-62-65-127-93-90(116)87(113)85(111)78(70-104)131-93,74-125-51-42-81(107)99-47-54-119-57-60-122-63-66-128-94-91(117)88(114)86(112)79(71-105)132-94)75-126-52-43-82(108)100-48-55-120-58-61-123-64-67-129-95-92(134-135-95)89(115)84(110)76(3)69-103/h13-16,19-22,76-79,84-95,103-105,110-117H,5-12,17-18,23-75H2,1-4H3,(H,98,106)(H,99,107)(H,100,108)(H,101,109)/b15-13-,16-14-,21-19-,22-20-/t76?,77-,78?,79?,84+,85+,86+,87?,88?,89-,90+,91+,92?,93+,94+,95+,96?/m0/s1. The minimum atomic E-state index is -1.57. The maximum Gasteiger partial charge on any atom is 0.223 e. The molecule has 0 aromatic heterocycles. The predicted octanol–water partition coefficient (Wildman–Crippen LogP) is 5.18. The second-order valence-electron chi connectivity index (χ2n) is 35.3. The Kier molecular flexibility index (Phi) is 73.0. The van der Waals surface area contributed by atoms with E-state index in [1.54, 1.807) is 6.92 Å². The molecule has 4 fully saturated rings. The van der Waals surface area contributed by atoms with E-state index in [4.69, 9.17) is 85.6 Å². The van der Waals surface area contributed by atoms with E-state index in [1.165, 1.54) is 103 Å². The molecule has 0 spiro atoms. The summed E-state index contributed by atoms with van der Waals surface area (Å²) in [7, 11) is 2.10. The molecule has 4 saturated heterocycles. The lowest BCUT2D eigenvalue weighted by atomic mass is 9.96. The Morgan fingerprint density at radius 1 is 0.422 bits per heavy atom. The number of nitrogens with one attached hydrogen (secondary N) is 4. The number of carbonyl (C=O) groups is 4. The molecule has 0 aliphatic carbocycles. The van der Waals surface area contributed by atoms with Crippen LogP contribution < -0.4 is 21.3 Å². The second-order valence-corrected chi connectivity index (χ2v) is 35.3. The summed E-state index contributed by atoms with van der Waals surface area (Å²) >= 11 is 0. The third-order valence-electron chi connectivity index (χ3n) is 23.5. The third kappa shape index (κ3) is 57.5. The van der Waals surface area contributed by atoms with Crippen LogP contribution in [0.4, 0.5) is 0 Å². The van der Waals surface area contributed by atoms with Gasteiger partial charge in [-0.1, -0.05) is 153 Å². The SMILES string of the molecule is CCCCC/C=C\C/C=C\CCCCCCCCC1(CCCCCCCC/C=C\C/C=C\CCCCC)OC[C@H](CN(C)CCCCCC(=O)NC(COCCC(=O)NCCOCCOCCO[C@@H]2OOC2[C@@H](O)[C@H](O)C(C)CO)(COCCC(=O)NCCOCCOCCO[C@@H]2OC(CO)[C@@H](O)C(O)[C@H]2O)COCCC(=O)NCCOCCOCCO[C@@H]2OC(CO)[C@@H](O)C(O)[C@H]2O)O1. The van der Waals surface area contributed by atoms with Crippen molar-refractivity contribution >= 4 is 23.6 Å². The van der Waals surface area contributed by atoms with Crippen LogP contribution in [-0.2, 0) is 105 Å². The normalized spacial score (nSPS) is 23.2. The lowest BCUT2D eigenvalue weighted by Gasteiger charge is -2.39. The van der Waals surface area contributed by atoms with Crippen molar-refractivity contribution in [3.05, 3.63) is 48.6 Å². The largest absolute Gasteiger partial charge is 0.396 e. The van der Waals surface area contributed by atoms with E-state index in [1.807, 2.05) is 0 Å². The van der Waals surface area contributed by atoms with Gasteiger partial charge in [0.2, 0.25) is 29.9 Å². The van der Waals surface area contributed by atoms with Gasteiger partial charge in [-0.05, 0) is 103 Å². The molecule has 0 aromatic rings. The van der Waals surface area contributed by atoms with E-state index >= 15 is 0 Å². The highest BCUT2D eigenvalue weighted by atomic mass is 17.3. The van der Waals surface area contributed by atoms with Crippen molar-refractivity contribution in [1.29, 1.82) is 0 Å². The zero-order valence-electron chi connectivity index (χ0n) is 81.8. The van der Waals surface area contributed by atoms with Crippen LogP contribution in [0.25, 0.3) is 0 Å². The van der Waals surface area contributed by atoms with Crippen molar-refractivity contribution in [1.82, 2.24) is 26.2 Å². The van der Waals surface area contributed by atoms with Crippen molar-refractivity contribution in [2.75, 3.05) is 205 Å². The first kappa shape index (κ1) is 123. The minimum Gasteiger partial charge on any atom is -0.396 e. The first-order valence-electron chi connectivity index (χ1n) is 50.3. The monoisotopic (exact) mass is 1940 g/mol. The lowest BCUT2D eigenvalue weighted by molar-refractivity contribution is -0.532. The number of amides is 4. The molecule has 0 saturated carbocycles. The number of likely N-dealkylation sites (N-methyl/N-ethyl adjacent to an activating group) is 1. The van der Waals surface area contributed by atoms with Crippen molar-refractivity contribution in [2.24, 2.45) is 5.92 Å². The van der Waals surface area contributed by atoms with Crippen LogP contribution in [0.5, 0.6) is 0 Å². The van der Waals surface area contributed by atoms with E-state index < -0.39 is 116 Å². The van der Waals surface area contributed by atoms with Crippen molar-refractivity contribution in [3.8, 4) is 0 Å². The molecule has 135 heavy (non-hydrogen) atoms. The molecule has 4 rings (SSSR count). The van der Waals surface area contributed by atoms with Gasteiger partial charge in [-0.3, -0.25) is 19.2 Å². The van der Waals surface area contributed by atoms with E-state index in [9.17, 15) is 75.3 Å². The first-order chi connectivity index (χ1) is 65.7. The van der Waals surface area contributed by atoms with Gasteiger partial charge in [0.25, 0.3) is 0 Å². The average molecular weight is 1940 g/mol. The van der Waals surface area contributed by atoms with Gasteiger partial charge in [0.1, 0.15) is 60.5 Å². The van der Waals surface area contributed by atoms with Gasteiger partial charge >= 0.3 is 0 Å². The summed E-state index contributed by atoms with van der Waals surface area (Å²) in [5.41, 5.74) is -1.40. The Hall–Kier alpha value is -4.36. The third-order valence-corrected chi connectivity index (χ3v) is 23.5. The number of carbonyl (C=O) groups excluding carboxylic acids is 4. The van der Waals surface area contributed by atoms with Crippen LogP contribution in [0.3, 0.4) is 0 Å². The summed E-state index contributed by atoms with van der Waals surface area (Å²) in [4.78, 5) is 66.0. The number of allylic oxidation sites excluding steroid dienone is 8. The number of hydrogen-bond acceptors (Lipinski definition) is 34. The Labute approximate surface area is 802 Å². The minimum absolute atomic E-state index is 0.0382. The molecular weight excluding hydrogens is 1760 g/mol. The van der Waals surface area contributed by atoms with E-state index in [2.05, 4.69) is 95.7 Å². The van der Waals surface area contributed by atoms with Gasteiger partial charge in [0.15, 0.2) is 24.5 Å². The van der Waals surface area contributed by atoms with Crippen LogP contribution in [0, 0.1) is 5.92 Å². The maximum absolute atomic E-state index is 14.3. The second kappa shape index (κ2) is 80.1. The molecular formula is C97H177N5O33. The zero-order valence-corrected chi connectivity index (χ0v) is 81.8. The Bertz CT molecular complexity index is 2890. The summed E-state index contributed by atoms with van der Waals surface area (Å²) in [6, 6.07) is 0. The topological polar surface area (TPSA) is 508 Å². The van der Waals surface area contributed by atoms with Gasteiger partial charge in [-0.2, -0.15) is 0 Å². The van der Waals surface area contributed by atoms with E-state index in [0.717, 1.165) is 83.6 Å². The quantitative estimate of drug-likeness (QED) is 0.0212. The van der Waals surface area contributed by atoms with Gasteiger partial charge in [-0.15, -0.1) is 0 Å². The summed E-state index contributed by atoms with van der Waals surface area (Å²) in [6.45, 7) is 7.92. The molecule has 16 atom stereocenters. The van der Waals surface area contributed by atoms with Crippen molar-refractivity contribution in [3.63, 3.8) is 0 Å². The summed E-state index contributed by atoms with van der Waals surface area (Å²) in [6.07, 6.45) is 32.0. The molecule has 4 heterocycles. The fourth-order valence-corrected chi connectivity index (χ4v) is 15.3. The fraction of sp³-hybridized carbons (Fsp3) is 0.876. The zero-order chi connectivity index (χ0) is 97.9. The molecule has 4 amide bonds. The number of ether oxygens (including phenoxy) is 16. The number of hydrogen-bond donors (Lipinski definition) is 15. The van der Waals surface area contributed by atoms with Crippen molar-refractivity contribution in [2.45, 2.75) is 336 Å². The average Bonchev–Trinajstić information content (AvgIpc) is 1.54. The highest BCUT2D eigenvalue weighted by Crippen LogP contribution is 2.36. The summed E-state index contributed by atoms with van der Waals surface area (Å²) < 4.78 is 92.9. The number of nitrogens with zero attached hydrogens (tertiary/aromatic N) is 1. The molecule has 0 bridgehead atoms. The summed E-state index contributed by atoms with van der Waals surface area (Å²) in [5.74, 6) is -2.56. The maximum atomic E-state index is 14.3. The van der Waals surface area contributed by atoms with Crippen LogP contribution in [0.15, 0.2) is 48.6 Å². The molecule has 0 aromatic carbocycles. The Morgan fingerprint density at radius 3 is 1.19 bits per heavy atom. The Balaban J connectivity index is 1.34. The highest BCUT2D eigenvalue weighted by Gasteiger charge is 2.48. The highest BCUT2D eigenvalue weighted by molar-refractivity contribution is 5.77. The molecule has 38 heteroatoms. The van der Waals surface area contributed by atoms with Crippen LogP contribution >= 0.6 is 0 Å². The van der Waals surface area contributed by atoms with Gasteiger partial charge < -0.3 is 158 Å². The molecule has 4 aliphatic rings. The predicted molar refractivity (Wildman–Crippen MR) is 502 cm³/mol. The number of rotatable bonds is 90. The molecule has 0 radical (unpaired) electrons. The summed E-state index contributed by atoms with van der Waals surface area (Å²) in [5, 5.41) is 121. The molecule has 38 nitrogen and oxygen atoms in total. The van der Waals surface area contributed by atoms with Crippen molar-refractivity contribution < 1.29 is 161 Å². The van der Waals surface area contributed by atoms with E-state index in [-0.39, 0.29) is 220 Å². The van der Waals surface area contributed by atoms with Crippen LogP contribution in [0.2, 0.25) is 0 Å². The van der Waals surface area contributed by atoms with Crippen LogP contribution in [-0.4, -0.2) is 393 Å². The van der Waals surface area contributed by atoms with E-state index in [0.29, 0.717) is 19.6 Å². The smallest absolute Gasteiger partial charge is 0.223 e. The van der Waals surface area contributed by atoms with Gasteiger partial charge in [0.05, 0.1) is 171 Å². The molecule has 4 aliphatic heterocycles. The molecule has 15 N–H and O–H groups in total. The number of unbranched alkanes of at least 4 members (excludes halogenated alkanes) is 20. The number of aliphatic hydroxyl groups excluding tert-OH is 11. The van der Waals surface area contributed by atoms with Gasteiger partial charge in [-0.25, -0.2) is 9.78 Å². The molecule has 6 unspecified atom stereocenters. The fourth-order valence-electron chi connectivity index (χ4n) is 15.3. The molecule has 788 valence electrons. The lowest BCUT2D eigenvalue weighted by Crippen LogP contribution is -2.59.